The summed E-state index contributed by atoms with van der Waals surface area (Å²) in [5.41, 5.74) is 1.93. The van der Waals surface area contributed by atoms with Crippen LogP contribution in [0.2, 0.25) is 0 Å². The quantitative estimate of drug-likeness (QED) is 0.743. The number of aromatic nitrogens is 3. The molecule has 18 heavy (non-hydrogen) atoms. The Hall–Kier alpha value is -2.49. The molecule has 0 fully saturated rings. The molecule has 1 aromatic carbocycles. The fourth-order valence-corrected chi connectivity index (χ4v) is 1.96. The van der Waals surface area contributed by atoms with Crippen LogP contribution in [0.1, 0.15) is 0 Å². The van der Waals surface area contributed by atoms with Gasteiger partial charge in [0.25, 0.3) is 0 Å². The summed E-state index contributed by atoms with van der Waals surface area (Å²) in [5, 5.41) is 5.24. The van der Waals surface area contributed by atoms with Crippen LogP contribution in [0.4, 0.5) is 5.82 Å². The molecule has 88 valence electrons. The molecule has 0 amide bonds. The molecule has 0 aliphatic rings. The first-order chi connectivity index (χ1) is 8.88. The van der Waals surface area contributed by atoms with Gasteiger partial charge in [-0.3, -0.25) is 9.97 Å². The van der Waals surface area contributed by atoms with Gasteiger partial charge in [0.05, 0.1) is 18.1 Å². The standard InChI is InChI=1S/C14H12N4/c1-15-14-9-17-8-13(18-14)12-4-2-3-10-7-16-6-5-11(10)12/h2-9H,1H3,(H,15,18). The van der Waals surface area contributed by atoms with Crippen LogP contribution in [0.3, 0.4) is 0 Å². The molecule has 4 heteroatoms. The summed E-state index contributed by atoms with van der Waals surface area (Å²) in [6, 6.07) is 8.10. The molecular formula is C14H12N4. The van der Waals surface area contributed by atoms with Crippen molar-refractivity contribution in [3.05, 3.63) is 49.1 Å². The van der Waals surface area contributed by atoms with Crippen molar-refractivity contribution < 1.29 is 0 Å². The predicted octanol–water partition coefficient (Wildman–Crippen LogP) is 2.73. The molecule has 0 bridgehead atoms. The van der Waals surface area contributed by atoms with Crippen LogP contribution in [0.25, 0.3) is 22.0 Å². The fraction of sp³-hybridized carbons (Fsp3) is 0.0714. The second kappa shape index (κ2) is 4.41. The number of pyridine rings is 1. The maximum absolute atomic E-state index is 4.52. The van der Waals surface area contributed by atoms with Crippen molar-refractivity contribution >= 4 is 16.6 Å². The van der Waals surface area contributed by atoms with Crippen LogP contribution in [0.15, 0.2) is 49.1 Å². The van der Waals surface area contributed by atoms with E-state index in [0.717, 1.165) is 27.8 Å². The Balaban J connectivity index is 2.24. The zero-order chi connectivity index (χ0) is 12.4. The number of fused-ring (bicyclic) bond motifs is 1. The number of nitrogens with zero attached hydrogens (tertiary/aromatic N) is 3. The number of hydrogen-bond donors (Lipinski definition) is 1. The van der Waals surface area contributed by atoms with Crippen molar-refractivity contribution in [3.8, 4) is 11.3 Å². The predicted molar refractivity (Wildman–Crippen MR) is 72.3 cm³/mol. The highest BCUT2D eigenvalue weighted by Crippen LogP contribution is 2.26. The first-order valence-corrected chi connectivity index (χ1v) is 5.71. The highest BCUT2D eigenvalue weighted by atomic mass is 15.0. The molecule has 2 heterocycles. The fourth-order valence-electron chi connectivity index (χ4n) is 1.96. The Morgan fingerprint density at radius 1 is 1.00 bits per heavy atom. The molecule has 0 unspecified atom stereocenters. The van der Waals surface area contributed by atoms with Crippen LogP contribution in [-0.2, 0) is 0 Å². The van der Waals surface area contributed by atoms with Gasteiger partial charge in [-0.25, -0.2) is 4.98 Å². The van der Waals surface area contributed by atoms with E-state index in [2.05, 4.69) is 20.3 Å². The molecule has 0 saturated carbocycles. The second-order valence-corrected chi connectivity index (χ2v) is 3.94. The molecule has 0 atom stereocenters. The number of nitrogens with one attached hydrogen (secondary N) is 1. The van der Waals surface area contributed by atoms with Gasteiger partial charge < -0.3 is 5.32 Å². The van der Waals surface area contributed by atoms with E-state index in [1.807, 2.05) is 37.5 Å². The molecule has 0 radical (unpaired) electrons. The monoisotopic (exact) mass is 236 g/mol. The second-order valence-electron chi connectivity index (χ2n) is 3.94. The van der Waals surface area contributed by atoms with Crippen molar-refractivity contribution in [2.24, 2.45) is 0 Å². The number of hydrogen-bond acceptors (Lipinski definition) is 4. The summed E-state index contributed by atoms with van der Waals surface area (Å²) in [5.74, 6) is 0.763. The molecule has 2 aromatic heterocycles. The lowest BCUT2D eigenvalue weighted by Gasteiger charge is -2.06. The van der Waals surface area contributed by atoms with Crippen molar-refractivity contribution in [1.82, 2.24) is 15.0 Å². The summed E-state index contributed by atoms with van der Waals surface area (Å²) in [4.78, 5) is 12.8. The maximum atomic E-state index is 4.52. The molecule has 0 saturated heterocycles. The van der Waals surface area contributed by atoms with Gasteiger partial charge in [0.2, 0.25) is 0 Å². The molecule has 3 aromatic rings. The van der Waals surface area contributed by atoms with Gasteiger partial charge in [-0.05, 0) is 11.5 Å². The van der Waals surface area contributed by atoms with E-state index in [1.54, 1.807) is 18.6 Å². The van der Waals surface area contributed by atoms with Gasteiger partial charge >= 0.3 is 0 Å². The Morgan fingerprint density at radius 3 is 2.83 bits per heavy atom. The minimum Gasteiger partial charge on any atom is -0.372 e. The van der Waals surface area contributed by atoms with Gasteiger partial charge in [0.1, 0.15) is 5.82 Å². The highest BCUT2D eigenvalue weighted by Gasteiger charge is 2.05. The minimum absolute atomic E-state index is 0.763. The van der Waals surface area contributed by atoms with Gasteiger partial charge in [0, 0.05) is 30.4 Å². The first-order valence-electron chi connectivity index (χ1n) is 5.71. The molecule has 0 aliphatic carbocycles. The third kappa shape index (κ3) is 1.78. The largest absolute Gasteiger partial charge is 0.372 e. The third-order valence-electron chi connectivity index (χ3n) is 2.85. The molecular weight excluding hydrogens is 224 g/mol. The molecule has 0 aliphatic heterocycles. The van der Waals surface area contributed by atoms with Gasteiger partial charge in [-0.15, -0.1) is 0 Å². The molecule has 0 spiro atoms. The van der Waals surface area contributed by atoms with E-state index in [9.17, 15) is 0 Å². The topological polar surface area (TPSA) is 50.7 Å². The van der Waals surface area contributed by atoms with Crippen molar-refractivity contribution in [2.75, 3.05) is 12.4 Å². The summed E-state index contributed by atoms with van der Waals surface area (Å²) < 4.78 is 0. The Labute approximate surface area is 105 Å². The van der Waals surface area contributed by atoms with Gasteiger partial charge in [-0.2, -0.15) is 0 Å². The van der Waals surface area contributed by atoms with E-state index in [4.69, 9.17) is 0 Å². The summed E-state index contributed by atoms with van der Waals surface area (Å²) in [6.45, 7) is 0. The van der Waals surface area contributed by atoms with Crippen molar-refractivity contribution in [2.45, 2.75) is 0 Å². The van der Waals surface area contributed by atoms with E-state index in [0.29, 0.717) is 0 Å². The number of rotatable bonds is 2. The Kier molecular flexibility index (Phi) is 2.61. The minimum atomic E-state index is 0.763. The van der Waals surface area contributed by atoms with Crippen LogP contribution >= 0.6 is 0 Å². The lowest BCUT2D eigenvalue weighted by atomic mass is 10.0. The van der Waals surface area contributed by atoms with Gasteiger partial charge in [-0.1, -0.05) is 18.2 Å². The van der Waals surface area contributed by atoms with Crippen LogP contribution in [0.5, 0.6) is 0 Å². The maximum Gasteiger partial charge on any atom is 0.144 e. The summed E-state index contributed by atoms with van der Waals surface area (Å²) >= 11 is 0. The Bertz CT molecular complexity index is 689. The average molecular weight is 236 g/mol. The highest BCUT2D eigenvalue weighted by molar-refractivity contribution is 5.95. The normalized spacial score (nSPS) is 10.5. The van der Waals surface area contributed by atoms with Crippen LogP contribution in [0, 0.1) is 0 Å². The lowest BCUT2D eigenvalue weighted by molar-refractivity contribution is 1.19. The zero-order valence-electron chi connectivity index (χ0n) is 9.96. The van der Waals surface area contributed by atoms with Crippen molar-refractivity contribution in [1.29, 1.82) is 0 Å². The first kappa shape index (κ1) is 10.7. The number of benzene rings is 1. The molecule has 1 N–H and O–H groups in total. The summed E-state index contributed by atoms with van der Waals surface area (Å²) in [7, 11) is 1.83. The lowest BCUT2D eigenvalue weighted by Crippen LogP contribution is -1.95. The summed E-state index contributed by atoms with van der Waals surface area (Å²) in [6.07, 6.45) is 7.13. The van der Waals surface area contributed by atoms with E-state index < -0.39 is 0 Å². The van der Waals surface area contributed by atoms with Crippen molar-refractivity contribution in [3.63, 3.8) is 0 Å². The SMILES string of the molecule is CNc1cncc(-c2cccc3cnccc23)n1. The average Bonchev–Trinajstić information content (AvgIpc) is 2.47. The number of anilines is 1. The van der Waals surface area contributed by atoms with E-state index in [-0.39, 0.29) is 0 Å². The third-order valence-corrected chi connectivity index (χ3v) is 2.85. The molecule has 4 nitrogen and oxygen atoms in total. The van der Waals surface area contributed by atoms with Crippen LogP contribution in [-0.4, -0.2) is 22.0 Å². The van der Waals surface area contributed by atoms with E-state index >= 15 is 0 Å². The zero-order valence-corrected chi connectivity index (χ0v) is 9.96. The Morgan fingerprint density at radius 2 is 1.94 bits per heavy atom. The van der Waals surface area contributed by atoms with Crippen LogP contribution < -0.4 is 5.32 Å². The van der Waals surface area contributed by atoms with E-state index in [1.165, 1.54) is 0 Å². The smallest absolute Gasteiger partial charge is 0.144 e. The molecule has 3 rings (SSSR count). The van der Waals surface area contributed by atoms with Gasteiger partial charge in [0.15, 0.2) is 0 Å².